The topological polar surface area (TPSA) is 46.2 Å². The fourth-order valence-corrected chi connectivity index (χ4v) is 2.70. The van der Waals surface area contributed by atoms with Crippen LogP contribution in [-0.2, 0) is 6.42 Å². The van der Waals surface area contributed by atoms with Gasteiger partial charge in [-0.2, -0.15) is 0 Å². The molecule has 0 amide bonds. The second-order valence-electron chi connectivity index (χ2n) is 5.15. The summed E-state index contributed by atoms with van der Waals surface area (Å²) in [5, 5.41) is 8.73. The summed E-state index contributed by atoms with van der Waals surface area (Å²) in [7, 11) is 0. The van der Waals surface area contributed by atoms with E-state index in [-0.39, 0.29) is 12.4 Å². The van der Waals surface area contributed by atoms with Crippen molar-refractivity contribution < 1.29 is 13.9 Å². The number of aliphatic hydroxyl groups is 1. The van der Waals surface area contributed by atoms with Gasteiger partial charge >= 0.3 is 0 Å². The third-order valence-corrected chi connectivity index (χ3v) is 3.84. The van der Waals surface area contributed by atoms with Gasteiger partial charge in [-0.15, -0.1) is 12.4 Å². The highest BCUT2D eigenvalue weighted by Gasteiger charge is 2.37. The number of hydrogen-bond acceptors (Lipinski definition) is 2. The van der Waals surface area contributed by atoms with Crippen LogP contribution >= 0.6 is 12.4 Å². The maximum atomic E-state index is 13.5. The molecule has 112 valence electrons. The number of aliphatic hydroxyl groups excluding tert-OH is 1. The van der Waals surface area contributed by atoms with E-state index in [1.54, 1.807) is 12.1 Å². The monoisotopic (exact) mass is 311 g/mol. The van der Waals surface area contributed by atoms with E-state index in [2.05, 4.69) is 0 Å². The molecule has 0 saturated heterocycles. The maximum Gasteiger partial charge on any atom is 0.289 e. The van der Waals surface area contributed by atoms with Gasteiger partial charge in [0.05, 0.1) is 6.04 Å². The van der Waals surface area contributed by atoms with E-state index in [0.29, 0.717) is 5.56 Å². The smallest absolute Gasteiger partial charge is 0.289 e. The molecule has 0 radical (unpaired) electrons. The molecular formula is C16H16ClF2NO. The predicted octanol–water partition coefficient (Wildman–Crippen LogP) is 3.31. The van der Waals surface area contributed by atoms with Crippen LogP contribution in [0.2, 0.25) is 0 Å². The van der Waals surface area contributed by atoms with Crippen molar-refractivity contribution in [2.24, 2.45) is 5.73 Å². The van der Waals surface area contributed by atoms with Crippen LogP contribution in [0, 0.1) is 0 Å². The summed E-state index contributed by atoms with van der Waals surface area (Å²) < 4.78 is 26.9. The van der Waals surface area contributed by atoms with Crippen LogP contribution in [0.4, 0.5) is 8.78 Å². The van der Waals surface area contributed by atoms with Gasteiger partial charge in [-0.05, 0) is 34.2 Å². The minimum atomic E-state index is -3.31. The Bertz CT molecular complexity index is 660. The van der Waals surface area contributed by atoms with E-state index < -0.39 is 18.6 Å². The second-order valence-corrected chi connectivity index (χ2v) is 5.15. The molecule has 0 heterocycles. The third-order valence-electron chi connectivity index (χ3n) is 3.84. The van der Waals surface area contributed by atoms with Gasteiger partial charge in [0, 0.05) is 0 Å². The lowest BCUT2D eigenvalue weighted by atomic mass is 9.97. The Kier molecular flexibility index (Phi) is 4.33. The molecule has 5 heteroatoms. The van der Waals surface area contributed by atoms with E-state index >= 15 is 0 Å². The molecule has 0 saturated carbocycles. The molecule has 0 fully saturated rings. The van der Waals surface area contributed by atoms with E-state index in [9.17, 15) is 8.78 Å². The Hall–Kier alpha value is -1.49. The molecule has 2 aromatic rings. The van der Waals surface area contributed by atoms with E-state index in [1.807, 2.05) is 30.3 Å². The molecule has 0 aliphatic heterocycles. The van der Waals surface area contributed by atoms with Gasteiger partial charge in [0.25, 0.3) is 5.92 Å². The zero-order valence-electron chi connectivity index (χ0n) is 11.2. The molecular weight excluding hydrogens is 296 g/mol. The highest BCUT2D eigenvalue weighted by molar-refractivity contribution is 5.85. The number of rotatable bonds is 3. The van der Waals surface area contributed by atoms with Crippen LogP contribution in [-0.4, -0.2) is 17.6 Å². The highest BCUT2D eigenvalue weighted by atomic mass is 35.5. The number of nitrogens with two attached hydrogens (primary N) is 1. The Morgan fingerprint density at radius 3 is 2.48 bits per heavy atom. The Balaban J connectivity index is 0.00000161. The lowest BCUT2D eigenvalue weighted by molar-refractivity contribution is -0.0711. The van der Waals surface area contributed by atoms with Gasteiger partial charge < -0.3 is 10.8 Å². The minimum absolute atomic E-state index is 0. The van der Waals surface area contributed by atoms with Gasteiger partial charge in [0.2, 0.25) is 0 Å². The first-order chi connectivity index (χ1) is 9.53. The summed E-state index contributed by atoms with van der Waals surface area (Å²) in [5.74, 6) is -3.31. The van der Waals surface area contributed by atoms with Crippen molar-refractivity contribution >= 4 is 12.4 Å². The third kappa shape index (κ3) is 2.67. The van der Waals surface area contributed by atoms with Crippen LogP contribution < -0.4 is 5.73 Å². The number of halogens is 3. The quantitative estimate of drug-likeness (QED) is 0.779. The number of benzene rings is 2. The first-order valence-electron chi connectivity index (χ1n) is 6.48. The van der Waals surface area contributed by atoms with Crippen LogP contribution in [0.1, 0.15) is 22.7 Å². The lowest BCUT2D eigenvalue weighted by Gasteiger charge is -2.22. The Morgan fingerprint density at radius 1 is 1.10 bits per heavy atom. The van der Waals surface area contributed by atoms with E-state index in [0.717, 1.165) is 23.1 Å². The van der Waals surface area contributed by atoms with E-state index in [4.69, 9.17) is 10.8 Å². The fourth-order valence-electron chi connectivity index (χ4n) is 2.70. The normalized spacial score (nSPS) is 14.1. The standard InChI is InChI=1S/C16H15F2NO.ClH/c17-16(18,9-20)15(19)11-5-6-14-12(8-11)7-10-3-1-2-4-13(10)14;/h1-6,8,15,20H,7,9,19H2;1H/t15-;/m0./s1. The van der Waals surface area contributed by atoms with Crippen molar-refractivity contribution in [3.8, 4) is 11.1 Å². The molecule has 0 unspecified atom stereocenters. The van der Waals surface area contributed by atoms with Crippen LogP contribution in [0.3, 0.4) is 0 Å². The number of hydrogen-bond donors (Lipinski definition) is 2. The Labute approximate surface area is 128 Å². The molecule has 1 aliphatic carbocycles. The summed E-state index contributed by atoms with van der Waals surface area (Å²) in [4.78, 5) is 0. The number of alkyl halides is 2. The minimum Gasteiger partial charge on any atom is -0.390 e. The van der Waals surface area contributed by atoms with Gasteiger partial charge in [-0.25, -0.2) is 8.78 Å². The van der Waals surface area contributed by atoms with Crippen LogP contribution in [0.25, 0.3) is 11.1 Å². The highest BCUT2D eigenvalue weighted by Crippen LogP contribution is 2.38. The van der Waals surface area contributed by atoms with Gasteiger partial charge in [0.15, 0.2) is 0 Å². The number of fused-ring (bicyclic) bond motifs is 3. The molecule has 3 rings (SSSR count). The molecule has 0 spiro atoms. The SMILES string of the molecule is Cl.N[C@@H](c1ccc2c(c1)Cc1ccccc1-2)C(F)(F)CO. The largest absolute Gasteiger partial charge is 0.390 e. The van der Waals surface area contributed by atoms with Crippen LogP contribution in [0.5, 0.6) is 0 Å². The zero-order chi connectivity index (χ0) is 14.3. The average molecular weight is 312 g/mol. The molecule has 1 atom stereocenters. The summed E-state index contributed by atoms with van der Waals surface area (Å²) in [6.45, 7) is -1.24. The first kappa shape index (κ1) is 15.9. The summed E-state index contributed by atoms with van der Waals surface area (Å²) >= 11 is 0. The summed E-state index contributed by atoms with van der Waals surface area (Å²) in [5.41, 5.74) is 10.4. The molecule has 3 N–H and O–H groups in total. The predicted molar refractivity (Wildman–Crippen MR) is 80.9 cm³/mol. The van der Waals surface area contributed by atoms with Gasteiger partial charge in [-0.3, -0.25) is 0 Å². The summed E-state index contributed by atoms with van der Waals surface area (Å²) in [6, 6.07) is 11.7. The average Bonchev–Trinajstić information content (AvgIpc) is 2.83. The van der Waals surface area contributed by atoms with Gasteiger partial charge in [0.1, 0.15) is 6.61 Å². The molecule has 1 aliphatic rings. The zero-order valence-corrected chi connectivity index (χ0v) is 12.0. The van der Waals surface area contributed by atoms with Crippen molar-refractivity contribution in [1.82, 2.24) is 0 Å². The fraction of sp³-hybridized carbons (Fsp3) is 0.250. The Morgan fingerprint density at radius 2 is 1.76 bits per heavy atom. The molecule has 0 bridgehead atoms. The van der Waals surface area contributed by atoms with Crippen molar-refractivity contribution in [2.75, 3.05) is 6.61 Å². The lowest BCUT2D eigenvalue weighted by Crippen LogP contribution is -2.36. The van der Waals surface area contributed by atoms with Crippen LogP contribution in [0.15, 0.2) is 42.5 Å². The molecule has 2 nitrogen and oxygen atoms in total. The molecule has 21 heavy (non-hydrogen) atoms. The van der Waals surface area contributed by atoms with Crippen molar-refractivity contribution in [2.45, 2.75) is 18.4 Å². The second kappa shape index (κ2) is 5.72. The van der Waals surface area contributed by atoms with Gasteiger partial charge in [-0.1, -0.05) is 42.5 Å². The van der Waals surface area contributed by atoms with Crippen molar-refractivity contribution in [3.63, 3.8) is 0 Å². The van der Waals surface area contributed by atoms with Crippen molar-refractivity contribution in [1.29, 1.82) is 0 Å². The van der Waals surface area contributed by atoms with Crippen molar-refractivity contribution in [3.05, 3.63) is 59.2 Å². The first-order valence-corrected chi connectivity index (χ1v) is 6.48. The van der Waals surface area contributed by atoms with E-state index in [1.165, 1.54) is 5.56 Å². The summed E-state index contributed by atoms with van der Waals surface area (Å²) in [6.07, 6.45) is 0.733. The molecule has 0 aromatic heterocycles. The maximum absolute atomic E-state index is 13.5. The molecule has 2 aromatic carbocycles.